The van der Waals surface area contributed by atoms with Crippen molar-refractivity contribution in [3.63, 3.8) is 0 Å². The van der Waals surface area contributed by atoms with Gasteiger partial charge in [-0.1, -0.05) is 0 Å². The topological polar surface area (TPSA) is 105 Å². The predicted octanol–water partition coefficient (Wildman–Crippen LogP) is 2.55. The second kappa shape index (κ2) is 8.83. The predicted molar refractivity (Wildman–Crippen MR) is 105 cm³/mol. The van der Waals surface area contributed by atoms with E-state index in [1.165, 1.54) is 33.2 Å². The maximum absolute atomic E-state index is 12.4. The Morgan fingerprint density at radius 2 is 1.73 bits per heavy atom. The highest BCUT2D eigenvalue weighted by molar-refractivity contribution is 6.03. The molecule has 1 aromatic carbocycles. The normalized spacial score (nSPS) is 13.8. The van der Waals surface area contributed by atoms with Crippen LogP contribution >= 0.6 is 0 Å². The third-order valence-corrected chi connectivity index (χ3v) is 4.55. The number of furan rings is 1. The molecule has 1 aliphatic heterocycles. The zero-order chi connectivity index (χ0) is 21.8. The number of esters is 2. The molecule has 0 amide bonds. The second-order valence-corrected chi connectivity index (χ2v) is 6.32. The van der Waals surface area contributed by atoms with Gasteiger partial charge in [-0.3, -0.25) is 4.79 Å². The number of carbonyl (C=O) groups is 3. The Balaban J connectivity index is 2.06. The van der Waals surface area contributed by atoms with Gasteiger partial charge < -0.3 is 28.3 Å². The zero-order valence-electron chi connectivity index (χ0n) is 17.0. The van der Waals surface area contributed by atoms with Crippen LogP contribution in [0.4, 0.5) is 5.69 Å². The summed E-state index contributed by atoms with van der Waals surface area (Å²) in [4.78, 5) is 37.6. The van der Waals surface area contributed by atoms with Crippen molar-refractivity contribution in [1.82, 2.24) is 0 Å². The average molecular weight is 415 g/mol. The SMILES string of the molecule is COC(=O)C1=C(C(=O)OC)N(c2ccc(-c3ccc(C(C)=O)o3)c(OC)c2)COC1. The van der Waals surface area contributed by atoms with E-state index in [9.17, 15) is 14.4 Å². The molecule has 0 bridgehead atoms. The van der Waals surface area contributed by atoms with Gasteiger partial charge in [0, 0.05) is 18.7 Å². The number of methoxy groups -OCH3 is 3. The van der Waals surface area contributed by atoms with Crippen molar-refractivity contribution in [1.29, 1.82) is 0 Å². The van der Waals surface area contributed by atoms with Crippen molar-refractivity contribution in [3.05, 3.63) is 47.4 Å². The first-order chi connectivity index (χ1) is 14.4. The lowest BCUT2D eigenvalue weighted by Gasteiger charge is -2.31. The Bertz CT molecular complexity index is 1020. The van der Waals surface area contributed by atoms with Gasteiger partial charge in [-0.15, -0.1) is 0 Å². The number of benzene rings is 1. The molecule has 1 aliphatic rings. The van der Waals surface area contributed by atoms with Crippen molar-refractivity contribution in [2.75, 3.05) is 39.6 Å². The number of anilines is 1. The molecular weight excluding hydrogens is 394 g/mol. The van der Waals surface area contributed by atoms with Gasteiger partial charge in [0.15, 0.2) is 11.5 Å². The second-order valence-electron chi connectivity index (χ2n) is 6.32. The number of nitrogens with zero attached hydrogens (tertiary/aromatic N) is 1. The van der Waals surface area contributed by atoms with Crippen LogP contribution in [-0.2, 0) is 23.8 Å². The quantitative estimate of drug-likeness (QED) is 0.520. The Morgan fingerprint density at radius 3 is 2.33 bits per heavy atom. The molecule has 0 aliphatic carbocycles. The number of ether oxygens (including phenoxy) is 4. The van der Waals surface area contributed by atoms with Gasteiger partial charge in [-0.2, -0.15) is 0 Å². The summed E-state index contributed by atoms with van der Waals surface area (Å²) in [7, 11) is 3.94. The highest BCUT2D eigenvalue weighted by Crippen LogP contribution is 2.36. The van der Waals surface area contributed by atoms with Crippen LogP contribution in [0.15, 0.2) is 46.0 Å². The van der Waals surface area contributed by atoms with Crippen molar-refractivity contribution in [2.24, 2.45) is 0 Å². The molecule has 0 unspecified atom stereocenters. The van der Waals surface area contributed by atoms with Gasteiger partial charge in [0.25, 0.3) is 0 Å². The summed E-state index contributed by atoms with van der Waals surface area (Å²) in [5.41, 5.74) is 1.22. The molecule has 158 valence electrons. The molecule has 9 heteroatoms. The smallest absolute Gasteiger partial charge is 0.355 e. The molecule has 0 fully saturated rings. The Hall–Kier alpha value is -3.59. The summed E-state index contributed by atoms with van der Waals surface area (Å²) in [6, 6.07) is 8.36. The summed E-state index contributed by atoms with van der Waals surface area (Å²) in [5, 5.41) is 0. The fourth-order valence-corrected chi connectivity index (χ4v) is 3.07. The van der Waals surface area contributed by atoms with Crippen LogP contribution in [0.5, 0.6) is 5.75 Å². The van der Waals surface area contributed by atoms with Gasteiger partial charge in [0.05, 0.1) is 39.1 Å². The van der Waals surface area contributed by atoms with Crippen molar-refractivity contribution < 1.29 is 37.7 Å². The first-order valence-electron chi connectivity index (χ1n) is 8.95. The monoisotopic (exact) mass is 415 g/mol. The highest BCUT2D eigenvalue weighted by atomic mass is 16.5. The van der Waals surface area contributed by atoms with E-state index in [1.807, 2.05) is 0 Å². The van der Waals surface area contributed by atoms with E-state index in [4.69, 9.17) is 23.4 Å². The molecule has 0 atom stereocenters. The van der Waals surface area contributed by atoms with Crippen LogP contribution in [0, 0.1) is 0 Å². The lowest BCUT2D eigenvalue weighted by atomic mass is 10.1. The van der Waals surface area contributed by atoms with Crippen LogP contribution < -0.4 is 9.64 Å². The number of Topliss-reactive ketones (excluding diaryl/α,β-unsaturated/α-hetero) is 1. The minimum atomic E-state index is -0.695. The summed E-state index contributed by atoms with van der Waals surface area (Å²) in [5.74, 6) is -0.441. The standard InChI is InChI=1S/C21H21NO8/c1-12(23)16-7-8-17(30-16)14-6-5-13(9-18(14)26-2)22-11-29-10-15(20(24)27-3)19(22)21(25)28-4/h5-9H,10-11H2,1-4H3. The number of hydrogen-bond donors (Lipinski definition) is 0. The first-order valence-corrected chi connectivity index (χ1v) is 8.95. The van der Waals surface area contributed by atoms with E-state index in [-0.39, 0.29) is 36.2 Å². The van der Waals surface area contributed by atoms with E-state index >= 15 is 0 Å². The third kappa shape index (κ3) is 3.92. The molecular formula is C21H21NO8. The molecule has 0 saturated carbocycles. The average Bonchev–Trinajstić information content (AvgIpc) is 3.27. The maximum atomic E-state index is 12.4. The minimum Gasteiger partial charge on any atom is -0.496 e. The molecule has 30 heavy (non-hydrogen) atoms. The largest absolute Gasteiger partial charge is 0.496 e. The molecule has 9 nitrogen and oxygen atoms in total. The van der Waals surface area contributed by atoms with Gasteiger partial charge >= 0.3 is 11.9 Å². The van der Waals surface area contributed by atoms with Crippen LogP contribution in [0.1, 0.15) is 17.5 Å². The molecule has 0 spiro atoms. The molecule has 0 radical (unpaired) electrons. The van der Waals surface area contributed by atoms with Gasteiger partial charge in [-0.05, 0) is 24.3 Å². The first kappa shape index (κ1) is 21.1. The summed E-state index contributed by atoms with van der Waals surface area (Å²) in [6.07, 6.45) is 0. The van der Waals surface area contributed by atoms with Gasteiger partial charge in [0.2, 0.25) is 0 Å². The number of rotatable bonds is 6. The lowest BCUT2D eigenvalue weighted by Crippen LogP contribution is -2.38. The van der Waals surface area contributed by atoms with Crippen molar-refractivity contribution >= 4 is 23.4 Å². The number of carbonyl (C=O) groups excluding carboxylic acids is 3. The Labute approximate surface area is 172 Å². The van der Waals surface area contributed by atoms with Crippen LogP contribution in [0.3, 0.4) is 0 Å². The molecule has 1 aromatic heterocycles. The van der Waals surface area contributed by atoms with Gasteiger partial charge in [0.1, 0.15) is 23.9 Å². The van der Waals surface area contributed by atoms with Crippen LogP contribution in [0.2, 0.25) is 0 Å². The Kier molecular flexibility index (Phi) is 6.22. The fraction of sp³-hybridized carbons (Fsp3) is 0.286. The minimum absolute atomic E-state index is 0.0165. The fourth-order valence-electron chi connectivity index (χ4n) is 3.07. The molecule has 0 N–H and O–H groups in total. The van der Waals surface area contributed by atoms with E-state index < -0.39 is 11.9 Å². The molecule has 3 rings (SSSR count). The third-order valence-electron chi connectivity index (χ3n) is 4.55. The summed E-state index contributed by atoms with van der Waals surface area (Å²) in [6.45, 7) is 1.35. The van der Waals surface area contributed by atoms with E-state index in [1.54, 1.807) is 30.3 Å². The molecule has 2 heterocycles. The number of ketones is 1. The van der Waals surface area contributed by atoms with Crippen LogP contribution in [-0.4, -0.2) is 52.4 Å². The van der Waals surface area contributed by atoms with Crippen molar-refractivity contribution in [3.8, 4) is 17.1 Å². The highest BCUT2D eigenvalue weighted by Gasteiger charge is 2.32. The van der Waals surface area contributed by atoms with E-state index in [0.29, 0.717) is 22.8 Å². The molecule has 0 saturated heterocycles. The maximum Gasteiger partial charge on any atom is 0.355 e. The van der Waals surface area contributed by atoms with Gasteiger partial charge in [-0.25, -0.2) is 9.59 Å². The lowest BCUT2D eigenvalue weighted by molar-refractivity contribution is -0.140. The van der Waals surface area contributed by atoms with Crippen molar-refractivity contribution in [2.45, 2.75) is 6.92 Å². The molecule has 2 aromatic rings. The number of hydrogen-bond acceptors (Lipinski definition) is 9. The van der Waals surface area contributed by atoms with E-state index in [2.05, 4.69) is 0 Å². The Morgan fingerprint density at radius 1 is 1.00 bits per heavy atom. The zero-order valence-corrected chi connectivity index (χ0v) is 17.0. The van der Waals surface area contributed by atoms with Crippen LogP contribution in [0.25, 0.3) is 11.3 Å². The summed E-state index contributed by atoms with van der Waals surface area (Å²) >= 11 is 0. The summed E-state index contributed by atoms with van der Waals surface area (Å²) < 4.78 is 26.2. The van der Waals surface area contributed by atoms with E-state index in [0.717, 1.165) is 0 Å².